The summed E-state index contributed by atoms with van der Waals surface area (Å²) in [6, 6.07) is 0. The first-order chi connectivity index (χ1) is 18.3. The van der Waals surface area contributed by atoms with Gasteiger partial charge >= 0.3 is 0 Å². The van der Waals surface area contributed by atoms with Gasteiger partial charge in [0, 0.05) is 0 Å². The first-order valence-corrected chi connectivity index (χ1v) is 19.3. The summed E-state index contributed by atoms with van der Waals surface area (Å²) in [6.45, 7) is 4.61. The van der Waals surface area contributed by atoms with Crippen LogP contribution >= 0.6 is 56.7 Å². The molecule has 5 rings (SSSR count). The molecule has 0 nitrogen and oxygen atoms in total. The highest BCUT2D eigenvalue weighted by Gasteiger charge is 2.21. The van der Waals surface area contributed by atoms with Crippen LogP contribution in [0.15, 0.2) is 10.8 Å². The fourth-order valence-electron chi connectivity index (χ4n) is 5.64. The molecular weight excluding hydrogens is 545 g/mol. The molecule has 0 aliphatic rings. The maximum absolute atomic E-state index is 2.47. The van der Waals surface area contributed by atoms with Gasteiger partial charge in [0.05, 0.1) is 37.6 Å². The van der Waals surface area contributed by atoms with Gasteiger partial charge < -0.3 is 0 Å². The van der Waals surface area contributed by atoms with Crippen LogP contribution in [0.4, 0.5) is 0 Å². The molecule has 5 aromatic rings. The molecule has 5 aromatic heterocycles. The molecule has 5 heterocycles. The third-order valence-corrected chi connectivity index (χ3v) is 14.7. The van der Waals surface area contributed by atoms with E-state index in [2.05, 4.69) is 58.6 Å². The van der Waals surface area contributed by atoms with Crippen molar-refractivity contribution >= 4 is 94.3 Å². The molecule has 0 N–H and O–H groups in total. The number of fused-ring (bicyclic) bond motifs is 7. The quantitative estimate of drug-likeness (QED) is 0.0893. The van der Waals surface area contributed by atoms with E-state index < -0.39 is 0 Å². The summed E-state index contributed by atoms with van der Waals surface area (Å²) >= 11 is 10.3. The van der Waals surface area contributed by atoms with Crippen molar-refractivity contribution in [1.29, 1.82) is 0 Å². The molecule has 0 fully saturated rings. The van der Waals surface area contributed by atoms with Crippen molar-refractivity contribution in [3.8, 4) is 0 Å². The molecule has 202 valence electrons. The summed E-state index contributed by atoms with van der Waals surface area (Å²) in [5, 5.41) is 4.94. The van der Waals surface area contributed by atoms with Crippen LogP contribution in [0.5, 0.6) is 0 Å². The number of thiophene rings is 5. The van der Waals surface area contributed by atoms with Crippen molar-refractivity contribution < 1.29 is 0 Å². The first-order valence-electron chi connectivity index (χ1n) is 15.1. The number of hydrogen-bond acceptors (Lipinski definition) is 5. The zero-order valence-corrected chi connectivity index (χ0v) is 27.0. The minimum absolute atomic E-state index is 1.27. The van der Waals surface area contributed by atoms with Gasteiger partial charge in [0.1, 0.15) is 0 Å². The normalized spacial score (nSPS) is 12.4. The third kappa shape index (κ3) is 6.65. The number of hydrogen-bond donors (Lipinski definition) is 0. The molecule has 0 atom stereocenters. The second kappa shape index (κ2) is 14.3. The van der Waals surface area contributed by atoms with Gasteiger partial charge in [-0.15, -0.1) is 56.7 Å². The minimum Gasteiger partial charge on any atom is -0.141 e. The number of rotatable bonds is 18. The maximum atomic E-state index is 2.47. The molecule has 0 bridgehead atoms. The second-order valence-electron chi connectivity index (χ2n) is 10.9. The van der Waals surface area contributed by atoms with E-state index in [0.29, 0.717) is 0 Å². The SMILES string of the molecule is CCCCCCCCCCc1csc2c1sc1c2sc2c3scc(CCCCCCCCCC)c3sc21. The van der Waals surface area contributed by atoms with E-state index in [1.54, 1.807) is 48.7 Å². The molecule has 0 amide bonds. The fraction of sp³-hybridized carbons (Fsp3) is 0.625. The Kier molecular flexibility index (Phi) is 10.8. The van der Waals surface area contributed by atoms with Gasteiger partial charge in [0.2, 0.25) is 0 Å². The topological polar surface area (TPSA) is 0 Å². The van der Waals surface area contributed by atoms with Gasteiger partial charge in [-0.05, 0) is 47.6 Å². The highest BCUT2D eigenvalue weighted by Crippen LogP contribution is 2.53. The van der Waals surface area contributed by atoms with E-state index in [9.17, 15) is 0 Å². The van der Waals surface area contributed by atoms with E-state index in [4.69, 9.17) is 0 Å². The lowest BCUT2D eigenvalue weighted by Gasteiger charge is -2.01. The summed E-state index contributed by atoms with van der Waals surface area (Å²) in [5.74, 6) is 0. The Labute approximate surface area is 244 Å². The van der Waals surface area contributed by atoms with Crippen molar-refractivity contribution in [1.82, 2.24) is 0 Å². The Balaban J connectivity index is 1.19. The lowest BCUT2D eigenvalue weighted by molar-refractivity contribution is 0.576. The predicted molar refractivity (Wildman–Crippen MR) is 178 cm³/mol. The molecule has 0 aliphatic heterocycles. The van der Waals surface area contributed by atoms with Crippen LogP contribution in [0.1, 0.15) is 128 Å². The van der Waals surface area contributed by atoms with Gasteiger partial charge in [0.25, 0.3) is 0 Å². The van der Waals surface area contributed by atoms with E-state index in [-0.39, 0.29) is 0 Å². The zero-order valence-electron chi connectivity index (χ0n) is 22.9. The summed E-state index contributed by atoms with van der Waals surface area (Å²) in [7, 11) is 0. The van der Waals surface area contributed by atoms with Crippen LogP contribution in [-0.4, -0.2) is 0 Å². The van der Waals surface area contributed by atoms with Crippen molar-refractivity contribution in [3.63, 3.8) is 0 Å². The van der Waals surface area contributed by atoms with Crippen LogP contribution in [0.2, 0.25) is 0 Å². The molecule has 0 spiro atoms. The first kappa shape index (κ1) is 28.1. The molecule has 37 heavy (non-hydrogen) atoms. The average Bonchev–Trinajstić information content (AvgIpc) is 3.68. The Hall–Kier alpha value is -0.460. The van der Waals surface area contributed by atoms with Crippen molar-refractivity contribution in [2.45, 2.75) is 129 Å². The average molecular weight is 589 g/mol. The van der Waals surface area contributed by atoms with Gasteiger partial charge in [-0.25, -0.2) is 0 Å². The summed E-state index contributed by atoms with van der Waals surface area (Å²) < 4.78 is 12.7. The molecule has 5 heteroatoms. The molecule has 0 saturated heterocycles. The highest BCUT2D eigenvalue weighted by molar-refractivity contribution is 7.47. The van der Waals surface area contributed by atoms with E-state index in [1.807, 2.05) is 22.7 Å². The largest absolute Gasteiger partial charge is 0.141 e. The Morgan fingerprint density at radius 3 is 1.11 bits per heavy atom. The highest BCUT2D eigenvalue weighted by atomic mass is 32.1. The van der Waals surface area contributed by atoms with Crippen molar-refractivity contribution in [2.75, 3.05) is 0 Å². The van der Waals surface area contributed by atoms with E-state index >= 15 is 0 Å². The van der Waals surface area contributed by atoms with Gasteiger partial charge in [-0.1, -0.05) is 104 Å². The summed E-state index contributed by atoms with van der Waals surface area (Å²) in [5.41, 5.74) is 3.25. The minimum atomic E-state index is 1.27. The zero-order chi connectivity index (χ0) is 25.5. The van der Waals surface area contributed by atoms with Gasteiger partial charge in [0.15, 0.2) is 0 Å². The predicted octanol–water partition coefficient (Wildman–Crippen LogP) is 14.0. The molecular formula is C32H44S5. The van der Waals surface area contributed by atoms with Crippen molar-refractivity contribution in [2.24, 2.45) is 0 Å². The Morgan fingerprint density at radius 2 is 0.703 bits per heavy atom. The number of unbranched alkanes of at least 4 members (excludes halogenated alkanes) is 14. The maximum Gasteiger partial charge on any atom is 0.0651 e. The number of aryl methyl sites for hydroxylation is 2. The van der Waals surface area contributed by atoms with Crippen molar-refractivity contribution in [3.05, 3.63) is 21.9 Å². The standard InChI is InChI=1S/C32H44S5/c1-3-5-7-9-11-13-15-17-19-23-21-33-27-25(23)35-31-29(27)37-30-28-26(36-32(30)31)24(22-34-28)20-18-16-14-12-10-8-6-4-2/h21-22H,3-20H2,1-2H3. The summed E-state index contributed by atoms with van der Waals surface area (Å²) in [6.07, 6.45) is 25.0. The Bertz CT molecular complexity index is 1270. The third-order valence-electron chi connectivity index (χ3n) is 7.88. The molecule has 0 aromatic carbocycles. The molecule has 0 unspecified atom stereocenters. The van der Waals surface area contributed by atoms with Crippen LogP contribution in [0.25, 0.3) is 37.6 Å². The van der Waals surface area contributed by atoms with Crippen LogP contribution in [0, 0.1) is 0 Å². The fourth-order valence-corrected chi connectivity index (χ4v) is 13.0. The smallest absolute Gasteiger partial charge is 0.0651 e. The second-order valence-corrected chi connectivity index (χ2v) is 15.7. The molecule has 0 radical (unpaired) electrons. The van der Waals surface area contributed by atoms with Crippen LogP contribution < -0.4 is 0 Å². The molecule has 0 aliphatic carbocycles. The Morgan fingerprint density at radius 1 is 0.378 bits per heavy atom. The van der Waals surface area contributed by atoms with Gasteiger partial charge in [-0.3, -0.25) is 0 Å². The molecule has 0 saturated carbocycles. The lowest BCUT2D eigenvalue weighted by Crippen LogP contribution is -1.84. The monoisotopic (exact) mass is 588 g/mol. The van der Waals surface area contributed by atoms with Crippen LogP contribution in [0.3, 0.4) is 0 Å². The van der Waals surface area contributed by atoms with E-state index in [0.717, 1.165) is 0 Å². The summed E-state index contributed by atoms with van der Waals surface area (Å²) in [4.78, 5) is 0. The lowest BCUT2D eigenvalue weighted by atomic mass is 10.1. The van der Waals surface area contributed by atoms with E-state index in [1.165, 1.54) is 116 Å². The van der Waals surface area contributed by atoms with Crippen LogP contribution in [-0.2, 0) is 12.8 Å². The van der Waals surface area contributed by atoms with Gasteiger partial charge in [-0.2, -0.15) is 0 Å².